The minimum absolute atomic E-state index is 0.0538. The number of methoxy groups -OCH3 is 1. The summed E-state index contributed by atoms with van der Waals surface area (Å²) in [6.07, 6.45) is 0.327. The molecule has 4 rings (SSSR count). The summed E-state index contributed by atoms with van der Waals surface area (Å²) >= 11 is 0. The first-order valence-corrected chi connectivity index (χ1v) is 8.85. The van der Waals surface area contributed by atoms with Crippen molar-refractivity contribution in [2.75, 3.05) is 20.3 Å². The van der Waals surface area contributed by atoms with Gasteiger partial charge in [0.15, 0.2) is 11.3 Å². The molecule has 0 unspecified atom stereocenters. The lowest BCUT2D eigenvalue weighted by Gasteiger charge is -2.34. The fraction of sp³-hybridized carbons (Fsp3) is 0.238. The van der Waals surface area contributed by atoms with Crippen molar-refractivity contribution in [3.05, 3.63) is 70.1 Å². The summed E-state index contributed by atoms with van der Waals surface area (Å²) in [5, 5.41) is 14.2. The molecule has 2 heterocycles. The molecule has 1 aromatic heterocycles. The number of nitrogens with one attached hydrogen (secondary N) is 1. The van der Waals surface area contributed by atoms with Gasteiger partial charge in [0.05, 0.1) is 20.3 Å². The first-order chi connectivity index (χ1) is 13.5. The number of carbonyl (C=O) groups is 1. The van der Waals surface area contributed by atoms with E-state index >= 15 is 0 Å². The predicted molar refractivity (Wildman–Crippen MR) is 102 cm³/mol. The van der Waals surface area contributed by atoms with Gasteiger partial charge in [0.2, 0.25) is 0 Å². The lowest BCUT2D eigenvalue weighted by atomic mass is 9.88. The maximum Gasteiger partial charge on any atom is 0.349 e. The number of carbonyl (C=O) groups excluding carboxylic acids is 1. The molecule has 0 spiro atoms. The molecule has 0 fully saturated rings. The van der Waals surface area contributed by atoms with Gasteiger partial charge in [-0.3, -0.25) is 4.79 Å². The van der Waals surface area contributed by atoms with Gasteiger partial charge in [-0.1, -0.05) is 30.3 Å². The van der Waals surface area contributed by atoms with E-state index in [9.17, 15) is 14.7 Å². The van der Waals surface area contributed by atoms with E-state index < -0.39 is 17.1 Å². The van der Waals surface area contributed by atoms with Crippen LogP contribution in [0.15, 0.2) is 57.7 Å². The molecule has 7 heteroatoms. The third kappa shape index (κ3) is 3.10. The highest BCUT2D eigenvalue weighted by Gasteiger charge is 2.36. The number of hydrogen-bond acceptors (Lipinski definition) is 6. The number of fused-ring (bicyclic) bond motifs is 2. The number of hydrogen-bond donors (Lipinski definition) is 2. The van der Waals surface area contributed by atoms with E-state index in [1.165, 1.54) is 13.2 Å². The Morgan fingerprint density at radius 3 is 2.89 bits per heavy atom. The van der Waals surface area contributed by atoms with Gasteiger partial charge in [0, 0.05) is 17.4 Å². The monoisotopic (exact) mass is 381 g/mol. The van der Waals surface area contributed by atoms with Gasteiger partial charge in [-0.15, -0.1) is 0 Å². The van der Waals surface area contributed by atoms with Crippen molar-refractivity contribution in [1.82, 2.24) is 5.32 Å². The number of ether oxygens (including phenoxy) is 2. The lowest BCUT2D eigenvalue weighted by molar-refractivity contribution is -0.00163. The largest absolute Gasteiger partial charge is 0.493 e. The maximum atomic E-state index is 12.6. The summed E-state index contributed by atoms with van der Waals surface area (Å²) in [7, 11) is 1.47. The Balaban J connectivity index is 1.60. The quantitative estimate of drug-likeness (QED) is 0.673. The molecule has 0 radical (unpaired) electrons. The van der Waals surface area contributed by atoms with Gasteiger partial charge < -0.3 is 24.3 Å². The highest BCUT2D eigenvalue weighted by Crippen LogP contribution is 2.36. The van der Waals surface area contributed by atoms with Crippen LogP contribution in [0.25, 0.3) is 11.0 Å². The zero-order valence-electron chi connectivity index (χ0n) is 15.2. The van der Waals surface area contributed by atoms with Crippen LogP contribution < -0.4 is 20.4 Å². The van der Waals surface area contributed by atoms with E-state index in [1.54, 1.807) is 36.4 Å². The second-order valence-electron chi connectivity index (χ2n) is 6.64. The number of benzene rings is 2. The molecular weight excluding hydrogens is 362 g/mol. The van der Waals surface area contributed by atoms with E-state index in [2.05, 4.69) is 5.32 Å². The molecule has 144 valence electrons. The number of amides is 1. The van der Waals surface area contributed by atoms with Gasteiger partial charge in [-0.2, -0.15) is 0 Å². The molecule has 1 aliphatic rings. The standard InChI is InChI=1S/C21H19NO6/c1-26-17-8-4-5-13-11-14(20(24)28-18(13)17)19(23)22-12-21(25)9-10-27-16-7-3-2-6-15(16)21/h2-8,11,25H,9-10,12H2,1H3,(H,22,23)/t21-/m1/s1. The van der Waals surface area contributed by atoms with Crippen LogP contribution in [0, 0.1) is 0 Å². The summed E-state index contributed by atoms with van der Waals surface area (Å²) in [6.45, 7) is 0.281. The van der Waals surface area contributed by atoms with Gasteiger partial charge in [-0.25, -0.2) is 4.79 Å². The van der Waals surface area contributed by atoms with Crippen molar-refractivity contribution >= 4 is 16.9 Å². The highest BCUT2D eigenvalue weighted by atomic mass is 16.5. The van der Waals surface area contributed by atoms with Crippen LogP contribution in [0.4, 0.5) is 0 Å². The van der Waals surface area contributed by atoms with Crippen LogP contribution in [-0.4, -0.2) is 31.3 Å². The van der Waals surface area contributed by atoms with Crippen molar-refractivity contribution in [2.45, 2.75) is 12.0 Å². The second kappa shape index (κ2) is 7.01. The summed E-state index contributed by atoms with van der Waals surface area (Å²) in [6, 6.07) is 13.7. The number of aliphatic hydroxyl groups is 1. The van der Waals surface area contributed by atoms with E-state index in [-0.39, 0.29) is 17.7 Å². The van der Waals surface area contributed by atoms with Gasteiger partial charge >= 0.3 is 5.63 Å². The summed E-state index contributed by atoms with van der Waals surface area (Å²) in [4.78, 5) is 24.9. The normalized spacial score (nSPS) is 18.2. The van der Waals surface area contributed by atoms with E-state index in [1.807, 2.05) is 6.07 Å². The maximum absolute atomic E-state index is 12.6. The molecule has 0 bridgehead atoms. The van der Waals surface area contributed by atoms with E-state index in [0.717, 1.165) is 0 Å². The highest BCUT2D eigenvalue weighted by molar-refractivity contribution is 5.97. The van der Waals surface area contributed by atoms with Gasteiger partial charge in [0.25, 0.3) is 5.91 Å². The van der Waals surface area contributed by atoms with E-state index in [4.69, 9.17) is 13.9 Å². The van der Waals surface area contributed by atoms with Crippen LogP contribution in [0.1, 0.15) is 22.3 Å². The Morgan fingerprint density at radius 1 is 1.25 bits per heavy atom. The lowest BCUT2D eigenvalue weighted by Crippen LogP contribution is -2.44. The molecule has 2 N–H and O–H groups in total. The van der Waals surface area contributed by atoms with Crippen molar-refractivity contribution in [3.8, 4) is 11.5 Å². The summed E-state index contributed by atoms with van der Waals surface area (Å²) in [5.74, 6) is 0.383. The molecule has 1 atom stereocenters. The van der Waals surface area contributed by atoms with Crippen molar-refractivity contribution < 1.29 is 23.8 Å². The zero-order valence-corrected chi connectivity index (χ0v) is 15.2. The third-order valence-corrected chi connectivity index (χ3v) is 4.89. The number of para-hydroxylation sites is 2. The minimum Gasteiger partial charge on any atom is -0.493 e. The van der Waals surface area contributed by atoms with Gasteiger partial charge in [0.1, 0.15) is 16.9 Å². The van der Waals surface area contributed by atoms with Gasteiger partial charge in [-0.05, 0) is 18.2 Å². The van der Waals surface area contributed by atoms with Crippen LogP contribution in [0.5, 0.6) is 11.5 Å². The summed E-state index contributed by atoms with van der Waals surface area (Å²) < 4.78 is 16.0. The van der Waals surface area contributed by atoms with Crippen LogP contribution >= 0.6 is 0 Å². The molecule has 0 aliphatic carbocycles. The van der Waals surface area contributed by atoms with Crippen LogP contribution in [-0.2, 0) is 5.60 Å². The summed E-state index contributed by atoms with van der Waals surface area (Å²) in [5.41, 5.74) is -1.29. The Labute approximate surface area is 160 Å². The fourth-order valence-corrected chi connectivity index (χ4v) is 3.38. The smallest absolute Gasteiger partial charge is 0.349 e. The Hall–Kier alpha value is -3.32. The second-order valence-corrected chi connectivity index (χ2v) is 6.64. The SMILES string of the molecule is COc1cccc2cc(C(=O)NC[C@]3(O)CCOc4ccccc43)c(=O)oc12. The molecule has 7 nitrogen and oxygen atoms in total. The average Bonchev–Trinajstić information content (AvgIpc) is 2.71. The average molecular weight is 381 g/mol. The molecule has 3 aromatic rings. The first kappa shape index (κ1) is 18.1. The molecule has 0 saturated heterocycles. The zero-order chi connectivity index (χ0) is 19.7. The molecule has 2 aromatic carbocycles. The molecule has 0 saturated carbocycles. The number of rotatable bonds is 4. The Kier molecular flexibility index (Phi) is 4.52. The van der Waals surface area contributed by atoms with Crippen LogP contribution in [0.2, 0.25) is 0 Å². The molecule has 1 aliphatic heterocycles. The third-order valence-electron chi connectivity index (χ3n) is 4.89. The first-order valence-electron chi connectivity index (χ1n) is 8.85. The Bertz CT molecular complexity index is 1110. The topological polar surface area (TPSA) is 98.0 Å². The minimum atomic E-state index is -1.27. The van der Waals surface area contributed by atoms with Crippen molar-refractivity contribution in [2.24, 2.45) is 0 Å². The van der Waals surface area contributed by atoms with E-state index in [0.29, 0.717) is 35.5 Å². The van der Waals surface area contributed by atoms with Crippen molar-refractivity contribution in [3.63, 3.8) is 0 Å². The van der Waals surface area contributed by atoms with Crippen molar-refractivity contribution in [1.29, 1.82) is 0 Å². The van der Waals surface area contributed by atoms with Crippen LogP contribution in [0.3, 0.4) is 0 Å². The fourth-order valence-electron chi connectivity index (χ4n) is 3.38. The molecule has 28 heavy (non-hydrogen) atoms. The molecular formula is C21H19NO6. The Morgan fingerprint density at radius 2 is 2.07 bits per heavy atom. The predicted octanol–water partition coefficient (Wildman–Crippen LogP) is 2.20. The molecule has 1 amide bonds.